The lowest BCUT2D eigenvalue weighted by atomic mass is 10.2. The molecule has 0 bridgehead atoms. The van der Waals surface area contributed by atoms with E-state index in [0.717, 1.165) is 17.7 Å². The minimum absolute atomic E-state index is 0.420. The molecule has 0 unspecified atom stereocenters. The van der Waals surface area contributed by atoms with Gasteiger partial charge in [-0.25, -0.2) is 9.97 Å². The Kier molecular flexibility index (Phi) is 3.65. The van der Waals surface area contributed by atoms with Gasteiger partial charge in [0.15, 0.2) is 0 Å². The molecule has 0 aliphatic heterocycles. The number of rotatable bonds is 4. The van der Waals surface area contributed by atoms with E-state index >= 15 is 0 Å². The van der Waals surface area contributed by atoms with Crippen molar-refractivity contribution in [2.24, 2.45) is 0 Å². The van der Waals surface area contributed by atoms with Gasteiger partial charge < -0.3 is 4.74 Å². The number of aromatic nitrogens is 3. The van der Waals surface area contributed by atoms with Crippen LogP contribution in [-0.2, 0) is 6.42 Å². The van der Waals surface area contributed by atoms with Crippen LogP contribution in [0.3, 0.4) is 0 Å². The first-order valence-corrected chi connectivity index (χ1v) is 5.57. The fourth-order valence-corrected chi connectivity index (χ4v) is 1.44. The fraction of sp³-hybridized carbons (Fsp3) is 0.308. The summed E-state index contributed by atoms with van der Waals surface area (Å²) >= 11 is 0. The molecule has 0 aliphatic carbocycles. The highest BCUT2D eigenvalue weighted by atomic mass is 16.5. The highest BCUT2D eigenvalue weighted by molar-refractivity contribution is 5.14. The summed E-state index contributed by atoms with van der Waals surface area (Å²) < 4.78 is 5.44. The van der Waals surface area contributed by atoms with E-state index in [2.05, 4.69) is 27.9 Å². The van der Waals surface area contributed by atoms with E-state index in [1.165, 1.54) is 5.56 Å². The largest absolute Gasteiger partial charge is 0.463 e. The van der Waals surface area contributed by atoms with Crippen LogP contribution >= 0.6 is 0 Å². The highest BCUT2D eigenvalue weighted by Gasteiger charge is 1.99. The summed E-state index contributed by atoms with van der Waals surface area (Å²) in [6, 6.07) is 4.45. The van der Waals surface area contributed by atoms with Gasteiger partial charge in [0, 0.05) is 30.7 Å². The van der Waals surface area contributed by atoms with E-state index in [1.54, 1.807) is 12.4 Å². The summed E-state index contributed by atoms with van der Waals surface area (Å²) in [5.41, 5.74) is 3.26. The molecule has 17 heavy (non-hydrogen) atoms. The Morgan fingerprint density at radius 1 is 1.06 bits per heavy atom. The molecule has 0 N–H and O–H groups in total. The Bertz CT molecular complexity index is 482. The van der Waals surface area contributed by atoms with Crippen molar-refractivity contribution in [1.82, 2.24) is 15.0 Å². The second-order valence-electron chi connectivity index (χ2n) is 3.97. The summed E-state index contributed by atoms with van der Waals surface area (Å²) in [6.45, 7) is 4.54. The molecule has 4 nitrogen and oxygen atoms in total. The van der Waals surface area contributed by atoms with E-state index in [-0.39, 0.29) is 0 Å². The number of ether oxygens (including phenoxy) is 1. The molecular formula is C13H15N3O. The quantitative estimate of drug-likeness (QED) is 0.805. The Labute approximate surface area is 101 Å². The molecule has 2 aromatic heterocycles. The summed E-state index contributed by atoms with van der Waals surface area (Å²) in [5, 5.41) is 0. The zero-order valence-corrected chi connectivity index (χ0v) is 10.1. The Morgan fingerprint density at radius 3 is 2.53 bits per heavy atom. The Morgan fingerprint density at radius 2 is 1.82 bits per heavy atom. The third-order valence-electron chi connectivity index (χ3n) is 2.32. The van der Waals surface area contributed by atoms with Crippen LogP contribution in [0.25, 0.3) is 0 Å². The van der Waals surface area contributed by atoms with Gasteiger partial charge in [-0.3, -0.25) is 4.98 Å². The number of pyridine rings is 1. The van der Waals surface area contributed by atoms with Crippen molar-refractivity contribution < 1.29 is 4.74 Å². The van der Waals surface area contributed by atoms with Crippen LogP contribution in [0.1, 0.15) is 16.8 Å². The molecule has 0 amide bonds. The van der Waals surface area contributed by atoms with Crippen molar-refractivity contribution >= 4 is 0 Å². The van der Waals surface area contributed by atoms with Crippen LogP contribution in [0, 0.1) is 13.8 Å². The molecule has 0 atom stereocenters. The predicted molar refractivity (Wildman–Crippen MR) is 64.9 cm³/mol. The van der Waals surface area contributed by atoms with Gasteiger partial charge in [-0.05, 0) is 37.1 Å². The van der Waals surface area contributed by atoms with Crippen LogP contribution in [0.5, 0.6) is 6.01 Å². The zero-order chi connectivity index (χ0) is 12.1. The number of aryl methyl sites for hydroxylation is 2. The van der Waals surface area contributed by atoms with Crippen molar-refractivity contribution in [3.05, 3.63) is 47.5 Å². The summed E-state index contributed by atoms with van der Waals surface area (Å²) in [7, 11) is 0. The first-order chi connectivity index (χ1) is 8.24. The molecule has 0 spiro atoms. The first-order valence-electron chi connectivity index (χ1n) is 5.57. The number of nitrogens with zero attached hydrogens (tertiary/aromatic N) is 3. The highest BCUT2D eigenvalue weighted by Crippen LogP contribution is 2.04. The third-order valence-corrected chi connectivity index (χ3v) is 2.32. The van der Waals surface area contributed by atoms with Crippen LogP contribution in [0.15, 0.2) is 30.7 Å². The minimum Gasteiger partial charge on any atom is -0.463 e. The SMILES string of the molecule is Cc1cnc(OCCc2cc(C)ccn2)nc1. The van der Waals surface area contributed by atoms with Gasteiger partial charge in [0.05, 0.1) is 6.61 Å². The zero-order valence-electron chi connectivity index (χ0n) is 10.1. The molecular weight excluding hydrogens is 214 g/mol. The van der Waals surface area contributed by atoms with E-state index in [9.17, 15) is 0 Å². The molecule has 2 heterocycles. The molecule has 0 aromatic carbocycles. The van der Waals surface area contributed by atoms with Crippen molar-refractivity contribution in [3.63, 3.8) is 0 Å². The monoisotopic (exact) mass is 229 g/mol. The Balaban J connectivity index is 1.85. The smallest absolute Gasteiger partial charge is 0.316 e. The first kappa shape index (κ1) is 11.5. The average Bonchev–Trinajstić information content (AvgIpc) is 2.32. The van der Waals surface area contributed by atoms with Gasteiger partial charge in [-0.1, -0.05) is 0 Å². The second-order valence-corrected chi connectivity index (χ2v) is 3.97. The van der Waals surface area contributed by atoms with Gasteiger partial charge in [-0.15, -0.1) is 0 Å². The standard InChI is InChI=1S/C13H15N3O/c1-10-3-5-14-12(7-10)4-6-17-13-15-8-11(2)9-16-13/h3,5,7-9H,4,6H2,1-2H3. The van der Waals surface area contributed by atoms with Crippen molar-refractivity contribution in [2.45, 2.75) is 20.3 Å². The van der Waals surface area contributed by atoms with Gasteiger partial charge in [0.1, 0.15) is 0 Å². The van der Waals surface area contributed by atoms with Gasteiger partial charge in [-0.2, -0.15) is 0 Å². The van der Waals surface area contributed by atoms with Gasteiger partial charge in [0.2, 0.25) is 0 Å². The van der Waals surface area contributed by atoms with Gasteiger partial charge >= 0.3 is 6.01 Å². The molecule has 0 radical (unpaired) electrons. The molecule has 88 valence electrons. The summed E-state index contributed by atoms with van der Waals surface area (Å²) in [6.07, 6.45) is 6.06. The normalized spacial score (nSPS) is 10.2. The lowest BCUT2D eigenvalue weighted by Gasteiger charge is -2.04. The molecule has 0 aliphatic rings. The van der Waals surface area contributed by atoms with E-state index in [4.69, 9.17) is 4.74 Å². The van der Waals surface area contributed by atoms with Gasteiger partial charge in [0.25, 0.3) is 0 Å². The molecule has 0 saturated carbocycles. The van der Waals surface area contributed by atoms with Crippen LogP contribution < -0.4 is 4.74 Å². The van der Waals surface area contributed by atoms with E-state index in [1.807, 2.05) is 19.2 Å². The maximum atomic E-state index is 5.44. The lowest BCUT2D eigenvalue weighted by Crippen LogP contribution is -2.05. The summed E-state index contributed by atoms with van der Waals surface area (Å²) in [5.74, 6) is 0. The fourth-order valence-electron chi connectivity index (χ4n) is 1.44. The van der Waals surface area contributed by atoms with Crippen LogP contribution in [0.4, 0.5) is 0 Å². The number of hydrogen-bond donors (Lipinski definition) is 0. The molecule has 0 fully saturated rings. The molecule has 0 saturated heterocycles. The predicted octanol–water partition coefficient (Wildman–Crippen LogP) is 2.11. The van der Waals surface area contributed by atoms with Crippen LogP contribution in [-0.4, -0.2) is 21.6 Å². The lowest BCUT2D eigenvalue weighted by molar-refractivity contribution is 0.294. The summed E-state index contributed by atoms with van der Waals surface area (Å²) in [4.78, 5) is 12.4. The third kappa shape index (κ3) is 3.52. The van der Waals surface area contributed by atoms with Crippen molar-refractivity contribution in [3.8, 4) is 6.01 Å². The maximum Gasteiger partial charge on any atom is 0.316 e. The minimum atomic E-state index is 0.420. The maximum absolute atomic E-state index is 5.44. The second kappa shape index (κ2) is 5.39. The average molecular weight is 229 g/mol. The Hall–Kier alpha value is -1.97. The van der Waals surface area contributed by atoms with E-state index < -0.39 is 0 Å². The number of hydrogen-bond acceptors (Lipinski definition) is 4. The molecule has 2 rings (SSSR count). The molecule has 4 heteroatoms. The van der Waals surface area contributed by atoms with Crippen molar-refractivity contribution in [1.29, 1.82) is 0 Å². The topological polar surface area (TPSA) is 47.9 Å². The molecule has 2 aromatic rings. The van der Waals surface area contributed by atoms with Crippen molar-refractivity contribution in [2.75, 3.05) is 6.61 Å². The van der Waals surface area contributed by atoms with Crippen LogP contribution in [0.2, 0.25) is 0 Å². The van der Waals surface area contributed by atoms with E-state index in [0.29, 0.717) is 12.6 Å².